The standard InChI is InChI=1S/C19H14ClNO3S/c20-15-5-3-13(4-6-15)19-14(10-18(23)24)9-17(25-19)16(22)8-12-2-1-7-21-11-12/h1-7,9,11H,8,10H2,(H,23,24). The Balaban J connectivity index is 1.93. The molecule has 0 saturated carbocycles. The highest BCUT2D eigenvalue weighted by Crippen LogP contribution is 2.34. The molecule has 0 unspecified atom stereocenters. The van der Waals surface area contributed by atoms with Crippen LogP contribution >= 0.6 is 22.9 Å². The molecule has 2 heterocycles. The van der Waals surface area contributed by atoms with Crippen molar-refractivity contribution in [3.63, 3.8) is 0 Å². The molecule has 1 aromatic carbocycles. The zero-order chi connectivity index (χ0) is 17.8. The first-order valence-electron chi connectivity index (χ1n) is 7.55. The van der Waals surface area contributed by atoms with Crippen LogP contribution in [-0.2, 0) is 17.6 Å². The van der Waals surface area contributed by atoms with Crippen molar-refractivity contribution in [1.82, 2.24) is 4.98 Å². The molecule has 6 heteroatoms. The van der Waals surface area contributed by atoms with E-state index in [1.165, 1.54) is 11.3 Å². The Morgan fingerprint density at radius 2 is 1.88 bits per heavy atom. The Kier molecular flexibility index (Phi) is 5.26. The van der Waals surface area contributed by atoms with E-state index in [2.05, 4.69) is 4.98 Å². The molecule has 2 aromatic heterocycles. The maximum Gasteiger partial charge on any atom is 0.307 e. The second-order valence-corrected chi connectivity index (χ2v) is 6.99. The molecular weight excluding hydrogens is 358 g/mol. The largest absolute Gasteiger partial charge is 0.481 e. The van der Waals surface area contributed by atoms with Crippen molar-refractivity contribution in [2.24, 2.45) is 0 Å². The first-order chi connectivity index (χ1) is 12.0. The van der Waals surface area contributed by atoms with Gasteiger partial charge >= 0.3 is 5.97 Å². The number of carboxylic acids is 1. The monoisotopic (exact) mass is 371 g/mol. The Bertz CT molecular complexity index is 904. The van der Waals surface area contributed by atoms with Crippen molar-refractivity contribution < 1.29 is 14.7 Å². The smallest absolute Gasteiger partial charge is 0.307 e. The number of carboxylic acid groups (broad SMARTS) is 1. The molecule has 126 valence electrons. The number of hydrogen-bond donors (Lipinski definition) is 1. The van der Waals surface area contributed by atoms with E-state index < -0.39 is 5.97 Å². The van der Waals surface area contributed by atoms with E-state index in [9.17, 15) is 9.59 Å². The zero-order valence-corrected chi connectivity index (χ0v) is 14.7. The van der Waals surface area contributed by atoms with Crippen LogP contribution in [0.2, 0.25) is 5.02 Å². The van der Waals surface area contributed by atoms with Gasteiger partial charge in [-0.25, -0.2) is 0 Å². The van der Waals surface area contributed by atoms with Crippen LogP contribution in [0.1, 0.15) is 20.8 Å². The number of hydrogen-bond acceptors (Lipinski definition) is 4. The number of aliphatic carboxylic acids is 1. The van der Waals surface area contributed by atoms with Crippen LogP contribution in [0, 0.1) is 0 Å². The summed E-state index contributed by atoms with van der Waals surface area (Å²) in [5.74, 6) is -0.982. The lowest BCUT2D eigenvalue weighted by atomic mass is 10.1. The number of benzene rings is 1. The van der Waals surface area contributed by atoms with Crippen molar-refractivity contribution in [2.45, 2.75) is 12.8 Å². The summed E-state index contributed by atoms with van der Waals surface area (Å²) >= 11 is 7.23. The summed E-state index contributed by atoms with van der Waals surface area (Å²) in [6.07, 6.45) is 3.42. The van der Waals surface area contributed by atoms with Gasteiger partial charge in [0.05, 0.1) is 11.3 Å². The van der Waals surface area contributed by atoms with Crippen molar-refractivity contribution in [3.8, 4) is 10.4 Å². The summed E-state index contributed by atoms with van der Waals surface area (Å²) in [4.78, 5) is 29.1. The van der Waals surface area contributed by atoms with Gasteiger partial charge in [0.1, 0.15) is 0 Å². The highest BCUT2D eigenvalue weighted by atomic mass is 35.5. The number of carbonyl (C=O) groups excluding carboxylic acids is 1. The van der Waals surface area contributed by atoms with Crippen LogP contribution in [-0.4, -0.2) is 21.8 Å². The van der Waals surface area contributed by atoms with E-state index in [0.29, 0.717) is 15.5 Å². The maximum absolute atomic E-state index is 12.6. The van der Waals surface area contributed by atoms with Gasteiger partial charge in [-0.1, -0.05) is 29.8 Å². The maximum atomic E-state index is 12.6. The lowest BCUT2D eigenvalue weighted by Gasteiger charge is -2.01. The summed E-state index contributed by atoms with van der Waals surface area (Å²) in [5.41, 5.74) is 2.31. The highest BCUT2D eigenvalue weighted by Gasteiger charge is 2.18. The van der Waals surface area contributed by atoms with Crippen molar-refractivity contribution in [3.05, 3.63) is 75.9 Å². The topological polar surface area (TPSA) is 67.3 Å². The Morgan fingerprint density at radius 1 is 1.12 bits per heavy atom. The lowest BCUT2D eigenvalue weighted by Crippen LogP contribution is -2.02. The molecule has 0 fully saturated rings. The SMILES string of the molecule is O=C(O)Cc1cc(C(=O)Cc2cccnc2)sc1-c1ccc(Cl)cc1. The number of rotatable bonds is 6. The number of aromatic nitrogens is 1. The molecule has 0 aliphatic rings. The van der Waals surface area contributed by atoms with E-state index in [0.717, 1.165) is 16.0 Å². The van der Waals surface area contributed by atoms with Crippen LogP contribution in [0.15, 0.2) is 54.9 Å². The second kappa shape index (κ2) is 7.59. The number of Topliss-reactive ketones (excluding diaryl/α,β-unsaturated/α-hetero) is 1. The van der Waals surface area contributed by atoms with Crippen molar-refractivity contribution >= 4 is 34.7 Å². The van der Waals surface area contributed by atoms with Crippen molar-refractivity contribution in [1.29, 1.82) is 0 Å². The molecule has 0 aliphatic heterocycles. The first kappa shape index (κ1) is 17.3. The van der Waals surface area contributed by atoms with Crippen LogP contribution in [0.25, 0.3) is 10.4 Å². The average Bonchev–Trinajstić information content (AvgIpc) is 3.00. The molecular formula is C19H14ClNO3S. The van der Waals surface area contributed by atoms with Gasteiger partial charge in [-0.3, -0.25) is 14.6 Å². The van der Waals surface area contributed by atoms with Gasteiger partial charge in [0.15, 0.2) is 5.78 Å². The van der Waals surface area contributed by atoms with E-state index in [1.54, 1.807) is 36.7 Å². The molecule has 1 N–H and O–H groups in total. The van der Waals surface area contributed by atoms with Gasteiger partial charge < -0.3 is 5.11 Å². The molecule has 3 rings (SSSR count). The fourth-order valence-electron chi connectivity index (χ4n) is 2.48. The molecule has 0 spiro atoms. The summed E-state index contributed by atoms with van der Waals surface area (Å²) < 4.78 is 0. The summed E-state index contributed by atoms with van der Waals surface area (Å²) in [6.45, 7) is 0. The minimum absolute atomic E-state index is 0.0511. The fourth-order valence-corrected chi connectivity index (χ4v) is 3.73. The van der Waals surface area contributed by atoms with Gasteiger partial charge in [0.25, 0.3) is 0 Å². The summed E-state index contributed by atoms with van der Waals surface area (Å²) in [7, 11) is 0. The quantitative estimate of drug-likeness (QED) is 0.647. The number of nitrogens with zero attached hydrogens (tertiary/aromatic N) is 1. The molecule has 0 atom stereocenters. The Labute approximate surface area is 153 Å². The van der Waals surface area contributed by atoms with Gasteiger partial charge in [-0.2, -0.15) is 0 Å². The third-order valence-electron chi connectivity index (χ3n) is 3.62. The molecule has 0 saturated heterocycles. The summed E-state index contributed by atoms with van der Waals surface area (Å²) in [5, 5.41) is 9.76. The first-order valence-corrected chi connectivity index (χ1v) is 8.75. The number of halogens is 1. The van der Waals surface area contributed by atoms with Crippen LogP contribution < -0.4 is 0 Å². The normalized spacial score (nSPS) is 10.6. The average molecular weight is 372 g/mol. The Morgan fingerprint density at radius 3 is 2.52 bits per heavy atom. The Hall–Kier alpha value is -2.50. The molecule has 0 aliphatic carbocycles. The third-order valence-corrected chi connectivity index (χ3v) is 5.14. The van der Waals surface area contributed by atoms with E-state index in [-0.39, 0.29) is 18.6 Å². The fraction of sp³-hybridized carbons (Fsp3) is 0.105. The second-order valence-electron chi connectivity index (χ2n) is 5.50. The molecule has 4 nitrogen and oxygen atoms in total. The molecule has 0 bridgehead atoms. The van der Waals surface area contributed by atoms with E-state index in [1.807, 2.05) is 18.2 Å². The minimum Gasteiger partial charge on any atom is -0.481 e. The van der Waals surface area contributed by atoms with Crippen LogP contribution in [0.3, 0.4) is 0 Å². The number of carbonyl (C=O) groups is 2. The highest BCUT2D eigenvalue weighted by molar-refractivity contribution is 7.17. The van der Waals surface area contributed by atoms with Crippen LogP contribution in [0.4, 0.5) is 0 Å². The van der Waals surface area contributed by atoms with E-state index >= 15 is 0 Å². The van der Waals surface area contributed by atoms with Crippen LogP contribution in [0.5, 0.6) is 0 Å². The number of pyridine rings is 1. The number of thiophene rings is 1. The van der Waals surface area contributed by atoms with Crippen molar-refractivity contribution in [2.75, 3.05) is 0 Å². The third kappa shape index (κ3) is 4.32. The van der Waals surface area contributed by atoms with Gasteiger partial charge in [0.2, 0.25) is 0 Å². The molecule has 25 heavy (non-hydrogen) atoms. The summed E-state index contributed by atoms with van der Waals surface area (Å²) in [6, 6.07) is 12.5. The van der Waals surface area contributed by atoms with Gasteiger partial charge in [0, 0.05) is 28.7 Å². The molecule has 0 amide bonds. The van der Waals surface area contributed by atoms with Gasteiger partial charge in [-0.15, -0.1) is 11.3 Å². The molecule has 3 aromatic rings. The molecule has 0 radical (unpaired) electrons. The van der Waals surface area contributed by atoms with E-state index in [4.69, 9.17) is 16.7 Å². The zero-order valence-electron chi connectivity index (χ0n) is 13.1. The lowest BCUT2D eigenvalue weighted by molar-refractivity contribution is -0.136. The minimum atomic E-state index is -0.931. The predicted octanol–water partition coefficient (Wildman–Crippen LogP) is 4.52. The number of ketones is 1. The predicted molar refractivity (Wildman–Crippen MR) is 98.4 cm³/mol. The van der Waals surface area contributed by atoms with Gasteiger partial charge in [-0.05, 0) is 41.0 Å².